The van der Waals surface area contributed by atoms with Crippen LogP contribution in [0.5, 0.6) is 0 Å². The summed E-state index contributed by atoms with van der Waals surface area (Å²) in [5, 5.41) is 13.2. The topological polar surface area (TPSA) is 79.3 Å². The van der Waals surface area contributed by atoms with E-state index in [1.165, 1.54) is 0 Å². The van der Waals surface area contributed by atoms with Crippen LogP contribution in [0, 0.1) is 0 Å². The summed E-state index contributed by atoms with van der Waals surface area (Å²) in [4.78, 5) is 28.3. The van der Waals surface area contributed by atoms with Gasteiger partial charge >= 0.3 is 0 Å². The molecule has 24 heavy (non-hydrogen) atoms. The predicted octanol–water partition coefficient (Wildman–Crippen LogP) is 3.34. The molecule has 0 saturated heterocycles. The first-order valence-electron chi connectivity index (χ1n) is 7.30. The van der Waals surface area contributed by atoms with Crippen LogP contribution in [0.2, 0.25) is 0 Å². The Bertz CT molecular complexity index is 928. The highest BCUT2D eigenvalue weighted by Gasteiger charge is 2.14. The number of benzene rings is 2. The third-order valence-electron chi connectivity index (χ3n) is 3.46. The number of hydrogen-bond acceptors (Lipinski definition) is 4. The third kappa shape index (κ3) is 3.30. The van der Waals surface area contributed by atoms with Crippen LogP contribution >= 0.6 is 0 Å². The summed E-state index contributed by atoms with van der Waals surface area (Å²) < 4.78 is 0. The van der Waals surface area contributed by atoms with Crippen LogP contribution in [-0.2, 0) is 9.59 Å². The molecule has 3 rings (SSSR count). The van der Waals surface area contributed by atoms with Gasteiger partial charge in [0, 0.05) is 23.2 Å². The van der Waals surface area contributed by atoms with Crippen LogP contribution in [0.3, 0.4) is 0 Å². The number of ketones is 1. The highest BCUT2D eigenvalue weighted by atomic mass is 16.3. The molecular weight excluding hydrogens is 304 g/mol. The Morgan fingerprint density at radius 1 is 0.958 bits per heavy atom. The number of aromatic nitrogens is 1. The van der Waals surface area contributed by atoms with Gasteiger partial charge < -0.3 is 10.4 Å². The van der Waals surface area contributed by atoms with Gasteiger partial charge in [-0.2, -0.15) is 0 Å². The number of hydrogen-bond donors (Lipinski definition) is 2. The number of anilines is 1. The molecule has 5 nitrogen and oxygen atoms in total. The van der Waals surface area contributed by atoms with Crippen molar-refractivity contribution in [3.8, 4) is 0 Å². The molecule has 0 atom stereocenters. The SMILES string of the molecule is O=C(C=C(O)c1ccccc1)C(=O)Nc1cccc2ncccc12. The Morgan fingerprint density at radius 2 is 1.75 bits per heavy atom. The summed E-state index contributed by atoms with van der Waals surface area (Å²) in [6, 6.07) is 17.3. The van der Waals surface area contributed by atoms with Crippen LogP contribution < -0.4 is 5.32 Å². The van der Waals surface area contributed by atoms with E-state index in [0.717, 1.165) is 11.5 Å². The number of nitrogens with zero attached hydrogens (tertiary/aromatic N) is 1. The number of amides is 1. The van der Waals surface area contributed by atoms with E-state index in [1.807, 2.05) is 6.07 Å². The quantitative estimate of drug-likeness (QED) is 0.439. The molecule has 0 bridgehead atoms. The van der Waals surface area contributed by atoms with Gasteiger partial charge in [-0.25, -0.2) is 0 Å². The fourth-order valence-electron chi connectivity index (χ4n) is 2.28. The Hall–Kier alpha value is -3.47. The minimum atomic E-state index is -0.836. The number of aliphatic hydroxyl groups is 1. The van der Waals surface area contributed by atoms with Crippen LogP contribution in [0.25, 0.3) is 16.7 Å². The van der Waals surface area contributed by atoms with Crippen molar-refractivity contribution in [2.24, 2.45) is 0 Å². The van der Waals surface area contributed by atoms with Crippen molar-refractivity contribution in [2.45, 2.75) is 0 Å². The molecule has 2 aromatic carbocycles. The molecule has 0 aliphatic heterocycles. The smallest absolute Gasteiger partial charge is 0.296 e. The van der Waals surface area contributed by atoms with E-state index in [1.54, 1.807) is 60.8 Å². The van der Waals surface area contributed by atoms with E-state index >= 15 is 0 Å². The first kappa shape index (κ1) is 15.4. The Labute approximate surface area is 138 Å². The van der Waals surface area contributed by atoms with Crippen LogP contribution in [0.15, 0.2) is 72.9 Å². The lowest BCUT2D eigenvalue weighted by molar-refractivity contribution is -0.131. The van der Waals surface area contributed by atoms with Crippen LogP contribution in [0.4, 0.5) is 5.69 Å². The second kappa shape index (κ2) is 6.75. The van der Waals surface area contributed by atoms with Crippen LogP contribution in [0.1, 0.15) is 5.56 Å². The van der Waals surface area contributed by atoms with Gasteiger partial charge in [-0.05, 0) is 24.3 Å². The van der Waals surface area contributed by atoms with Gasteiger partial charge in [0.25, 0.3) is 5.91 Å². The maximum absolute atomic E-state index is 12.1. The molecule has 0 saturated carbocycles. The fraction of sp³-hybridized carbons (Fsp3) is 0. The molecule has 0 spiro atoms. The molecule has 1 aromatic heterocycles. The lowest BCUT2D eigenvalue weighted by Crippen LogP contribution is -2.21. The second-order valence-electron chi connectivity index (χ2n) is 5.09. The summed E-state index contributed by atoms with van der Waals surface area (Å²) in [5.74, 6) is -1.92. The van der Waals surface area contributed by atoms with E-state index in [9.17, 15) is 14.7 Å². The van der Waals surface area contributed by atoms with Crippen LogP contribution in [-0.4, -0.2) is 21.8 Å². The van der Waals surface area contributed by atoms with E-state index in [0.29, 0.717) is 16.8 Å². The van der Waals surface area contributed by atoms with Gasteiger partial charge in [0.1, 0.15) is 5.76 Å². The number of carbonyl (C=O) groups excluding carboxylic acids is 2. The van der Waals surface area contributed by atoms with E-state index in [4.69, 9.17) is 0 Å². The number of nitrogens with one attached hydrogen (secondary N) is 1. The number of carbonyl (C=O) groups is 2. The minimum Gasteiger partial charge on any atom is -0.507 e. The molecule has 0 aliphatic rings. The highest BCUT2D eigenvalue weighted by molar-refractivity contribution is 6.45. The largest absolute Gasteiger partial charge is 0.507 e. The molecule has 0 unspecified atom stereocenters. The molecule has 0 aliphatic carbocycles. The van der Waals surface area contributed by atoms with Gasteiger partial charge in [0.05, 0.1) is 11.2 Å². The van der Waals surface area contributed by atoms with E-state index < -0.39 is 11.7 Å². The first-order valence-corrected chi connectivity index (χ1v) is 7.30. The number of aliphatic hydroxyl groups excluding tert-OH is 1. The van der Waals surface area contributed by atoms with Gasteiger partial charge in [-0.1, -0.05) is 36.4 Å². The summed E-state index contributed by atoms with van der Waals surface area (Å²) in [6.45, 7) is 0. The zero-order valence-corrected chi connectivity index (χ0v) is 12.6. The van der Waals surface area contributed by atoms with Crippen molar-refractivity contribution in [1.82, 2.24) is 4.98 Å². The first-order chi connectivity index (χ1) is 11.6. The standard InChI is InChI=1S/C19H14N2O3/c22-17(13-6-2-1-3-7-13)12-18(23)19(24)21-16-10-4-9-15-14(16)8-5-11-20-15/h1-12,22H,(H,21,24). The number of pyridine rings is 1. The maximum Gasteiger partial charge on any atom is 0.296 e. The Kier molecular flexibility index (Phi) is 4.34. The summed E-state index contributed by atoms with van der Waals surface area (Å²) in [7, 11) is 0. The molecule has 2 N–H and O–H groups in total. The van der Waals surface area contributed by atoms with Crippen molar-refractivity contribution in [1.29, 1.82) is 0 Å². The zero-order chi connectivity index (χ0) is 16.9. The Morgan fingerprint density at radius 3 is 2.54 bits per heavy atom. The summed E-state index contributed by atoms with van der Waals surface area (Å²) in [5.41, 5.74) is 1.67. The highest BCUT2D eigenvalue weighted by Crippen LogP contribution is 2.21. The van der Waals surface area contributed by atoms with Crippen molar-refractivity contribution < 1.29 is 14.7 Å². The van der Waals surface area contributed by atoms with Crippen molar-refractivity contribution in [3.05, 3.63) is 78.5 Å². The van der Waals surface area contributed by atoms with E-state index in [-0.39, 0.29) is 5.76 Å². The van der Waals surface area contributed by atoms with E-state index in [2.05, 4.69) is 10.3 Å². The monoisotopic (exact) mass is 318 g/mol. The van der Waals surface area contributed by atoms with Gasteiger partial charge in [0.15, 0.2) is 0 Å². The second-order valence-corrected chi connectivity index (χ2v) is 5.09. The van der Waals surface area contributed by atoms with Gasteiger partial charge in [-0.15, -0.1) is 0 Å². The Balaban J connectivity index is 1.80. The van der Waals surface area contributed by atoms with Gasteiger partial charge in [-0.3, -0.25) is 14.6 Å². The summed E-state index contributed by atoms with van der Waals surface area (Å²) >= 11 is 0. The lowest BCUT2D eigenvalue weighted by Gasteiger charge is -2.06. The third-order valence-corrected chi connectivity index (χ3v) is 3.46. The molecule has 5 heteroatoms. The fourth-order valence-corrected chi connectivity index (χ4v) is 2.28. The predicted molar refractivity (Wildman–Crippen MR) is 92.4 cm³/mol. The van der Waals surface area contributed by atoms with Crippen molar-refractivity contribution in [2.75, 3.05) is 5.32 Å². The molecular formula is C19H14N2O3. The van der Waals surface area contributed by atoms with Crippen molar-refractivity contribution >= 4 is 34.0 Å². The molecule has 3 aromatic rings. The molecule has 118 valence electrons. The summed E-state index contributed by atoms with van der Waals surface area (Å²) in [6.07, 6.45) is 2.56. The average molecular weight is 318 g/mol. The molecule has 0 radical (unpaired) electrons. The van der Waals surface area contributed by atoms with Gasteiger partial charge in [0.2, 0.25) is 5.78 Å². The number of rotatable bonds is 4. The van der Waals surface area contributed by atoms with Crippen molar-refractivity contribution in [3.63, 3.8) is 0 Å². The molecule has 0 fully saturated rings. The maximum atomic E-state index is 12.1. The number of fused-ring (bicyclic) bond motifs is 1. The lowest BCUT2D eigenvalue weighted by atomic mass is 10.1. The molecule has 1 heterocycles. The minimum absolute atomic E-state index is 0.254. The molecule has 1 amide bonds. The normalized spacial score (nSPS) is 11.2. The zero-order valence-electron chi connectivity index (χ0n) is 12.6. The average Bonchev–Trinajstić information content (AvgIpc) is 2.62.